The lowest BCUT2D eigenvalue weighted by molar-refractivity contribution is 0.319. The van der Waals surface area contributed by atoms with Crippen LogP contribution >= 0.6 is 0 Å². The second-order valence-electron chi connectivity index (χ2n) is 2.93. The fourth-order valence-corrected chi connectivity index (χ4v) is 1.18. The van der Waals surface area contributed by atoms with Crippen LogP contribution in [0.1, 0.15) is 12.6 Å². The van der Waals surface area contributed by atoms with Gasteiger partial charge in [-0.3, -0.25) is 4.98 Å². The van der Waals surface area contributed by atoms with Crippen LogP contribution in [0.2, 0.25) is 0 Å². The van der Waals surface area contributed by atoms with Gasteiger partial charge in [0.1, 0.15) is 11.4 Å². The van der Waals surface area contributed by atoms with Crippen LogP contribution in [0.5, 0.6) is 0 Å². The lowest BCUT2D eigenvalue weighted by Gasteiger charge is -1.99. The fraction of sp³-hybridized carbons (Fsp3) is 0.100. The molecule has 0 unspecified atom stereocenters. The van der Waals surface area contributed by atoms with E-state index in [0.717, 1.165) is 11.0 Å². The van der Waals surface area contributed by atoms with Gasteiger partial charge in [-0.15, -0.1) is 0 Å². The molecule has 2 rings (SSSR count). The summed E-state index contributed by atoms with van der Waals surface area (Å²) in [5, 5.41) is 11.7. The Bertz CT molecular complexity index is 493. The molecule has 0 aliphatic heterocycles. The molecule has 70 valence electrons. The summed E-state index contributed by atoms with van der Waals surface area (Å²) >= 11 is 0. The van der Waals surface area contributed by atoms with Crippen molar-refractivity contribution in [3.63, 3.8) is 0 Å². The highest BCUT2D eigenvalue weighted by atomic mass is 16.4. The molecule has 4 heteroatoms. The van der Waals surface area contributed by atoms with E-state index in [0.29, 0.717) is 11.4 Å². The Morgan fingerprint density at radius 2 is 2.00 bits per heavy atom. The van der Waals surface area contributed by atoms with Crippen LogP contribution in [0.3, 0.4) is 0 Å². The first-order chi connectivity index (χ1) is 6.81. The number of rotatable bonds is 1. The van der Waals surface area contributed by atoms with E-state index in [1.165, 1.54) is 0 Å². The van der Waals surface area contributed by atoms with E-state index in [1.54, 1.807) is 13.1 Å². The zero-order valence-electron chi connectivity index (χ0n) is 7.68. The van der Waals surface area contributed by atoms with Gasteiger partial charge in [-0.1, -0.05) is 17.3 Å². The summed E-state index contributed by atoms with van der Waals surface area (Å²) in [4.78, 5) is 8.49. The molecular weight excluding hydrogens is 178 g/mol. The number of benzene rings is 1. The van der Waals surface area contributed by atoms with Gasteiger partial charge in [0.05, 0.1) is 17.2 Å². The van der Waals surface area contributed by atoms with E-state index < -0.39 is 0 Å². The van der Waals surface area contributed by atoms with Crippen molar-refractivity contribution in [3.05, 3.63) is 36.2 Å². The van der Waals surface area contributed by atoms with E-state index in [4.69, 9.17) is 5.21 Å². The number of para-hydroxylation sites is 2. The van der Waals surface area contributed by atoms with Gasteiger partial charge in [0.2, 0.25) is 0 Å². The van der Waals surface area contributed by atoms with Crippen LogP contribution in [-0.2, 0) is 0 Å². The van der Waals surface area contributed by atoms with Crippen molar-refractivity contribution >= 4 is 16.7 Å². The van der Waals surface area contributed by atoms with Crippen molar-refractivity contribution in [2.24, 2.45) is 5.16 Å². The second kappa shape index (κ2) is 3.41. The minimum absolute atomic E-state index is 0.461. The number of hydrogen-bond donors (Lipinski definition) is 1. The minimum atomic E-state index is 0.461. The zero-order valence-corrected chi connectivity index (χ0v) is 7.68. The first-order valence-electron chi connectivity index (χ1n) is 4.22. The Morgan fingerprint density at radius 1 is 1.29 bits per heavy atom. The summed E-state index contributed by atoms with van der Waals surface area (Å²) in [6, 6.07) is 7.56. The van der Waals surface area contributed by atoms with Crippen molar-refractivity contribution in [2.75, 3.05) is 0 Å². The summed E-state index contributed by atoms with van der Waals surface area (Å²) < 4.78 is 0. The molecule has 1 aromatic carbocycles. The molecule has 0 saturated heterocycles. The first-order valence-corrected chi connectivity index (χ1v) is 4.22. The summed E-state index contributed by atoms with van der Waals surface area (Å²) in [7, 11) is 0. The monoisotopic (exact) mass is 187 g/mol. The normalized spacial score (nSPS) is 11.9. The lowest BCUT2D eigenvalue weighted by Crippen LogP contribution is -1.99. The van der Waals surface area contributed by atoms with E-state index >= 15 is 0 Å². The van der Waals surface area contributed by atoms with Gasteiger partial charge in [0.25, 0.3) is 0 Å². The van der Waals surface area contributed by atoms with Crippen molar-refractivity contribution in [2.45, 2.75) is 6.92 Å². The van der Waals surface area contributed by atoms with Crippen molar-refractivity contribution in [1.82, 2.24) is 9.97 Å². The quantitative estimate of drug-likeness (QED) is 0.421. The van der Waals surface area contributed by atoms with Crippen LogP contribution in [-0.4, -0.2) is 20.9 Å². The largest absolute Gasteiger partial charge is 0.411 e. The van der Waals surface area contributed by atoms with Crippen molar-refractivity contribution < 1.29 is 5.21 Å². The van der Waals surface area contributed by atoms with Gasteiger partial charge in [0.15, 0.2) is 0 Å². The molecule has 14 heavy (non-hydrogen) atoms. The third-order valence-electron chi connectivity index (χ3n) is 1.97. The molecule has 0 fully saturated rings. The first kappa shape index (κ1) is 8.62. The van der Waals surface area contributed by atoms with Crippen LogP contribution < -0.4 is 0 Å². The Kier molecular flexibility index (Phi) is 2.10. The van der Waals surface area contributed by atoms with E-state index in [9.17, 15) is 0 Å². The molecule has 2 aromatic rings. The number of oxime groups is 1. The Morgan fingerprint density at radius 3 is 2.71 bits per heavy atom. The molecule has 0 bridgehead atoms. The lowest BCUT2D eigenvalue weighted by atomic mass is 10.2. The molecule has 1 aromatic heterocycles. The van der Waals surface area contributed by atoms with E-state index in [1.807, 2.05) is 24.3 Å². The maximum atomic E-state index is 8.58. The zero-order chi connectivity index (χ0) is 9.97. The van der Waals surface area contributed by atoms with Gasteiger partial charge in [-0.2, -0.15) is 0 Å². The predicted octanol–water partition coefficient (Wildman–Crippen LogP) is 1.83. The molecule has 0 saturated carbocycles. The number of hydrogen-bond acceptors (Lipinski definition) is 4. The molecule has 1 heterocycles. The number of fused-ring (bicyclic) bond motifs is 1. The molecule has 0 atom stereocenters. The molecule has 0 aliphatic carbocycles. The third-order valence-corrected chi connectivity index (χ3v) is 1.97. The highest BCUT2D eigenvalue weighted by Crippen LogP contribution is 2.08. The van der Waals surface area contributed by atoms with Crippen LogP contribution in [0, 0.1) is 0 Å². The van der Waals surface area contributed by atoms with Gasteiger partial charge in [0, 0.05) is 0 Å². The standard InChI is InChI=1S/C10H9N3O/c1-7(13-14)10-6-11-8-4-2-3-5-9(8)12-10/h2-6,14H,1H3/b13-7-. The topological polar surface area (TPSA) is 58.4 Å². The number of aromatic nitrogens is 2. The van der Waals surface area contributed by atoms with Crippen LogP contribution in [0.4, 0.5) is 0 Å². The van der Waals surface area contributed by atoms with Gasteiger partial charge in [-0.05, 0) is 19.1 Å². The third kappa shape index (κ3) is 1.42. The minimum Gasteiger partial charge on any atom is -0.411 e. The van der Waals surface area contributed by atoms with Gasteiger partial charge < -0.3 is 5.21 Å². The summed E-state index contributed by atoms with van der Waals surface area (Å²) in [6.45, 7) is 1.68. The maximum absolute atomic E-state index is 8.58. The predicted molar refractivity (Wildman–Crippen MR) is 53.5 cm³/mol. The highest BCUT2D eigenvalue weighted by Gasteiger charge is 2.01. The summed E-state index contributed by atoms with van der Waals surface area (Å²) in [5.74, 6) is 0. The fourth-order valence-electron chi connectivity index (χ4n) is 1.18. The summed E-state index contributed by atoms with van der Waals surface area (Å²) in [5.41, 5.74) is 2.68. The molecule has 4 nitrogen and oxygen atoms in total. The molecule has 0 radical (unpaired) electrons. The SMILES string of the molecule is C/C(=N/O)c1cnc2ccccc2n1. The Labute approximate surface area is 80.9 Å². The average molecular weight is 187 g/mol. The smallest absolute Gasteiger partial charge is 0.107 e. The van der Waals surface area contributed by atoms with Crippen molar-refractivity contribution in [1.29, 1.82) is 0 Å². The van der Waals surface area contributed by atoms with Gasteiger partial charge >= 0.3 is 0 Å². The van der Waals surface area contributed by atoms with Gasteiger partial charge in [-0.25, -0.2) is 4.98 Å². The highest BCUT2D eigenvalue weighted by molar-refractivity contribution is 5.97. The van der Waals surface area contributed by atoms with Crippen molar-refractivity contribution in [3.8, 4) is 0 Å². The Balaban J connectivity index is 2.62. The molecule has 0 aliphatic rings. The van der Waals surface area contributed by atoms with Crippen LogP contribution in [0.15, 0.2) is 35.6 Å². The molecule has 0 spiro atoms. The number of nitrogens with zero attached hydrogens (tertiary/aromatic N) is 3. The summed E-state index contributed by atoms with van der Waals surface area (Å²) in [6.07, 6.45) is 1.59. The maximum Gasteiger partial charge on any atom is 0.107 e. The second-order valence-corrected chi connectivity index (χ2v) is 2.93. The van der Waals surface area contributed by atoms with Crippen LogP contribution in [0.25, 0.3) is 11.0 Å². The Hall–Kier alpha value is -1.97. The molecule has 0 amide bonds. The molecule has 1 N–H and O–H groups in total. The molecular formula is C10H9N3O. The van der Waals surface area contributed by atoms with E-state index in [-0.39, 0.29) is 0 Å². The average Bonchev–Trinajstić information content (AvgIpc) is 2.27. The van der Waals surface area contributed by atoms with E-state index in [2.05, 4.69) is 15.1 Å².